The lowest BCUT2D eigenvalue weighted by Gasteiger charge is -2.22. The summed E-state index contributed by atoms with van der Waals surface area (Å²) >= 11 is 0. The predicted molar refractivity (Wildman–Crippen MR) is 85.9 cm³/mol. The second kappa shape index (κ2) is 11.1. The average molecular weight is 285 g/mol. The van der Waals surface area contributed by atoms with E-state index in [9.17, 15) is 4.79 Å². The lowest BCUT2D eigenvalue weighted by atomic mass is 10.0. The molecule has 20 heavy (non-hydrogen) atoms. The molecule has 0 aliphatic carbocycles. The number of hydrogen-bond acceptors (Lipinski definition) is 3. The zero-order valence-corrected chi connectivity index (χ0v) is 14.3. The van der Waals surface area contributed by atoms with E-state index in [1.165, 1.54) is 51.4 Å². The third-order valence-electron chi connectivity index (χ3n) is 3.27. The van der Waals surface area contributed by atoms with Crippen molar-refractivity contribution >= 4 is 5.97 Å². The molecular weight excluding hydrogens is 250 g/mol. The highest BCUT2D eigenvalue weighted by molar-refractivity contribution is 5.72. The van der Waals surface area contributed by atoms with Gasteiger partial charge in [-0.25, -0.2) is 0 Å². The quantitative estimate of drug-likeness (QED) is 0.450. The second-order valence-corrected chi connectivity index (χ2v) is 6.66. The molecule has 0 atom stereocenters. The first-order valence-corrected chi connectivity index (χ1v) is 8.34. The van der Waals surface area contributed by atoms with Crippen LogP contribution in [0.5, 0.6) is 0 Å². The van der Waals surface area contributed by atoms with Crippen LogP contribution in [0.2, 0.25) is 0 Å². The van der Waals surface area contributed by atoms with Crippen LogP contribution < -0.4 is 5.32 Å². The molecule has 0 aliphatic rings. The largest absolute Gasteiger partial charge is 0.459 e. The van der Waals surface area contributed by atoms with Crippen LogP contribution in [0, 0.1) is 0 Å². The Bertz CT molecular complexity index is 236. The highest BCUT2D eigenvalue weighted by Gasteiger charge is 2.17. The van der Waals surface area contributed by atoms with Crippen molar-refractivity contribution in [3.63, 3.8) is 0 Å². The molecule has 0 aliphatic heterocycles. The van der Waals surface area contributed by atoms with E-state index in [-0.39, 0.29) is 5.97 Å². The highest BCUT2D eigenvalue weighted by Crippen LogP contribution is 2.11. The minimum atomic E-state index is -0.390. The van der Waals surface area contributed by atoms with Crippen molar-refractivity contribution in [1.82, 2.24) is 5.32 Å². The molecular formula is C17H35NO2. The summed E-state index contributed by atoms with van der Waals surface area (Å²) in [6.07, 6.45) is 9.86. The van der Waals surface area contributed by atoms with Crippen LogP contribution in [0.4, 0.5) is 0 Å². The zero-order valence-electron chi connectivity index (χ0n) is 14.3. The minimum Gasteiger partial charge on any atom is -0.459 e. The lowest BCUT2D eigenvalue weighted by molar-refractivity contribution is -0.153. The van der Waals surface area contributed by atoms with Gasteiger partial charge < -0.3 is 10.1 Å². The Morgan fingerprint density at radius 1 is 1.00 bits per heavy atom. The molecule has 0 saturated heterocycles. The Morgan fingerprint density at radius 2 is 1.50 bits per heavy atom. The van der Waals surface area contributed by atoms with Crippen LogP contribution in [-0.2, 0) is 9.53 Å². The molecule has 0 heterocycles. The Morgan fingerprint density at radius 3 is 1.90 bits per heavy atom. The summed E-state index contributed by atoms with van der Waals surface area (Å²) in [5.74, 6) is -0.145. The maximum Gasteiger partial charge on any atom is 0.320 e. The topological polar surface area (TPSA) is 38.3 Å². The summed E-state index contributed by atoms with van der Waals surface area (Å²) in [5.41, 5.74) is -0.390. The van der Waals surface area contributed by atoms with Gasteiger partial charge in [0.1, 0.15) is 5.60 Å². The van der Waals surface area contributed by atoms with Crippen molar-refractivity contribution in [2.75, 3.05) is 6.54 Å². The number of carbonyl (C=O) groups is 1. The fourth-order valence-electron chi connectivity index (χ4n) is 2.24. The third kappa shape index (κ3) is 12.5. The summed E-state index contributed by atoms with van der Waals surface area (Å²) < 4.78 is 5.34. The number of ether oxygens (including phenoxy) is 1. The molecule has 1 N–H and O–H groups in total. The smallest absolute Gasteiger partial charge is 0.320 e. The van der Waals surface area contributed by atoms with Crippen molar-refractivity contribution in [3.8, 4) is 0 Å². The van der Waals surface area contributed by atoms with Crippen molar-refractivity contribution < 1.29 is 9.53 Å². The summed E-state index contributed by atoms with van der Waals surface area (Å²) in [5, 5.41) is 3.39. The van der Waals surface area contributed by atoms with E-state index in [4.69, 9.17) is 4.74 Å². The molecule has 0 unspecified atom stereocenters. The molecule has 0 aromatic rings. The maximum atomic E-state index is 11.7. The van der Waals surface area contributed by atoms with Gasteiger partial charge >= 0.3 is 5.97 Å². The molecule has 0 aromatic heterocycles. The van der Waals surface area contributed by atoms with Crippen LogP contribution in [0.15, 0.2) is 0 Å². The number of rotatable bonds is 11. The van der Waals surface area contributed by atoms with Gasteiger partial charge in [0.15, 0.2) is 0 Å². The molecule has 0 bridgehead atoms. The third-order valence-corrected chi connectivity index (χ3v) is 3.27. The van der Waals surface area contributed by atoms with E-state index in [1.54, 1.807) is 0 Å². The molecule has 0 saturated carbocycles. The van der Waals surface area contributed by atoms with Gasteiger partial charge in [0, 0.05) is 6.04 Å². The molecule has 3 nitrogen and oxygen atoms in total. The normalized spacial score (nSPS) is 11.9. The maximum absolute atomic E-state index is 11.7. The Labute approximate surface area is 125 Å². The first-order valence-electron chi connectivity index (χ1n) is 8.34. The fraction of sp³-hybridized carbons (Fsp3) is 0.941. The molecule has 0 spiro atoms. The van der Waals surface area contributed by atoms with Crippen LogP contribution in [0.1, 0.15) is 86.0 Å². The monoisotopic (exact) mass is 285 g/mol. The molecule has 0 radical (unpaired) electrons. The van der Waals surface area contributed by atoms with Crippen molar-refractivity contribution in [1.29, 1.82) is 0 Å². The lowest BCUT2D eigenvalue weighted by Crippen LogP contribution is -2.37. The van der Waals surface area contributed by atoms with Gasteiger partial charge in [-0.2, -0.15) is 0 Å². The number of unbranched alkanes of at least 4 members (excludes halogenated alkanes) is 4. The standard InChI is InChI=1S/C17H35NO2/c1-6-8-10-12-15(13-11-9-7-2)18-14-16(19)20-17(3,4)5/h15,18H,6-14H2,1-5H3. The van der Waals surface area contributed by atoms with E-state index in [1.807, 2.05) is 20.8 Å². The van der Waals surface area contributed by atoms with Crippen LogP contribution in [-0.4, -0.2) is 24.2 Å². The van der Waals surface area contributed by atoms with E-state index >= 15 is 0 Å². The first-order chi connectivity index (χ1) is 9.39. The van der Waals surface area contributed by atoms with Gasteiger partial charge in [-0.1, -0.05) is 52.4 Å². The number of nitrogens with one attached hydrogen (secondary N) is 1. The summed E-state index contributed by atoms with van der Waals surface area (Å²) in [6.45, 7) is 10.5. The van der Waals surface area contributed by atoms with Gasteiger partial charge in [0.05, 0.1) is 6.54 Å². The second-order valence-electron chi connectivity index (χ2n) is 6.66. The molecule has 3 heteroatoms. The van der Waals surface area contributed by atoms with Crippen molar-refractivity contribution in [2.24, 2.45) is 0 Å². The number of carbonyl (C=O) groups excluding carboxylic acids is 1. The first kappa shape index (κ1) is 19.4. The summed E-state index contributed by atoms with van der Waals surface area (Å²) in [4.78, 5) is 11.7. The van der Waals surface area contributed by atoms with E-state index in [0.717, 1.165) is 0 Å². The van der Waals surface area contributed by atoms with Gasteiger partial charge in [-0.15, -0.1) is 0 Å². The zero-order chi connectivity index (χ0) is 15.4. The van der Waals surface area contributed by atoms with E-state index in [2.05, 4.69) is 19.2 Å². The average Bonchev–Trinajstić information content (AvgIpc) is 2.33. The molecule has 120 valence electrons. The Kier molecular flexibility index (Phi) is 10.8. The van der Waals surface area contributed by atoms with E-state index < -0.39 is 5.60 Å². The van der Waals surface area contributed by atoms with Gasteiger partial charge in [0.25, 0.3) is 0 Å². The Balaban J connectivity index is 4.02. The van der Waals surface area contributed by atoms with Gasteiger partial charge in [-0.3, -0.25) is 4.79 Å². The summed E-state index contributed by atoms with van der Waals surface area (Å²) in [6, 6.07) is 0.459. The SMILES string of the molecule is CCCCCC(CCCCC)NCC(=O)OC(C)(C)C. The molecule has 0 amide bonds. The minimum absolute atomic E-state index is 0.145. The predicted octanol–water partition coefficient (Wildman–Crippen LogP) is 4.45. The van der Waals surface area contributed by atoms with E-state index in [0.29, 0.717) is 12.6 Å². The molecule has 0 rings (SSSR count). The van der Waals surface area contributed by atoms with Gasteiger partial charge in [0.2, 0.25) is 0 Å². The van der Waals surface area contributed by atoms with Crippen molar-refractivity contribution in [3.05, 3.63) is 0 Å². The fourth-order valence-corrected chi connectivity index (χ4v) is 2.24. The molecule has 0 fully saturated rings. The number of hydrogen-bond donors (Lipinski definition) is 1. The van der Waals surface area contributed by atoms with Crippen LogP contribution in [0.25, 0.3) is 0 Å². The van der Waals surface area contributed by atoms with Gasteiger partial charge in [-0.05, 0) is 33.6 Å². The summed E-state index contributed by atoms with van der Waals surface area (Å²) in [7, 11) is 0. The van der Waals surface area contributed by atoms with Crippen molar-refractivity contribution in [2.45, 2.75) is 97.6 Å². The highest BCUT2D eigenvalue weighted by atomic mass is 16.6. The number of esters is 1. The Hall–Kier alpha value is -0.570. The molecule has 0 aromatic carbocycles. The van der Waals surface area contributed by atoms with Crippen LogP contribution in [0.3, 0.4) is 0 Å². The van der Waals surface area contributed by atoms with Crippen LogP contribution >= 0.6 is 0 Å².